The van der Waals surface area contributed by atoms with E-state index in [1.54, 1.807) is 6.07 Å². The van der Waals surface area contributed by atoms with Gasteiger partial charge in [-0.25, -0.2) is 12.8 Å². The Morgan fingerprint density at radius 2 is 2.22 bits per heavy atom. The summed E-state index contributed by atoms with van der Waals surface area (Å²) in [6.45, 7) is 8.30. The summed E-state index contributed by atoms with van der Waals surface area (Å²) in [6, 6.07) is 4.25. The monoisotopic (exact) mass is 344 g/mol. The molecule has 0 amide bonds. The van der Waals surface area contributed by atoms with E-state index in [2.05, 4.69) is 17.1 Å². The Hall–Kier alpha value is -1.02. The molecule has 7 heteroatoms. The molecule has 0 saturated carbocycles. The van der Waals surface area contributed by atoms with Gasteiger partial charge >= 0.3 is 0 Å². The predicted molar refractivity (Wildman–Crippen MR) is 87.8 cm³/mol. The van der Waals surface area contributed by atoms with E-state index >= 15 is 0 Å². The first-order valence-corrected chi connectivity index (χ1v) is 9.73. The maximum absolute atomic E-state index is 13.9. The molecular formula is C16H25FN2O3S. The van der Waals surface area contributed by atoms with Gasteiger partial charge in [-0.3, -0.25) is 4.90 Å². The highest BCUT2D eigenvalue weighted by Crippen LogP contribution is 2.20. The van der Waals surface area contributed by atoms with Gasteiger partial charge in [0.25, 0.3) is 0 Å². The predicted octanol–water partition coefficient (Wildman–Crippen LogP) is 1.60. The van der Waals surface area contributed by atoms with Crippen molar-refractivity contribution in [2.75, 3.05) is 39.0 Å². The van der Waals surface area contributed by atoms with E-state index in [0.29, 0.717) is 0 Å². The van der Waals surface area contributed by atoms with Gasteiger partial charge in [-0.2, -0.15) is 0 Å². The molecule has 2 rings (SSSR count). The van der Waals surface area contributed by atoms with Gasteiger partial charge in [-0.1, -0.05) is 6.07 Å². The van der Waals surface area contributed by atoms with Crippen molar-refractivity contribution in [3.05, 3.63) is 29.6 Å². The quantitative estimate of drug-likeness (QED) is 0.849. The molecule has 1 N–H and O–H groups in total. The molecule has 2 atom stereocenters. The highest BCUT2D eigenvalue weighted by Gasteiger charge is 2.17. The normalized spacial score (nSPS) is 21.3. The number of sulfone groups is 1. The van der Waals surface area contributed by atoms with Gasteiger partial charge in [0, 0.05) is 38.5 Å². The first-order valence-electron chi connectivity index (χ1n) is 7.84. The topological polar surface area (TPSA) is 58.6 Å². The summed E-state index contributed by atoms with van der Waals surface area (Å²) >= 11 is 0. The lowest BCUT2D eigenvalue weighted by atomic mass is 10.1. The van der Waals surface area contributed by atoms with Crippen molar-refractivity contribution in [1.29, 1.82) is 0 Å². The highest BCUT2D eigenvalue weighted by atomic mass is 32.2. The third kappa shape index (κ3) is 5.24. The minimum atomic E-state index is -3.53. The van der Waals surface area contributed by atoms with Crippen LogP contribution in [0.3, 0.4) is 0 Å². The summed E-state index contributed by atoms with van der Waals surface area (Å²) in [5.41, 5.74) is 0.741. The average Bonchev–Trinajstić information content (AvgIpc) is 2.45. The van der Waals surface area contributed by atoms with Gasteiger partial charge in [-0.15, -0.1) is 0 Å². The van der Waals surface area contributed by atoms with Crippen molar-refractivity contribution < 1.29 is 17.5 Å². The molecule has 1 aliphatic rings. The van der Waals surface area contributed by atoms with E-state index < -0.39 is 15.7 Å². The number of rotatable bonds is 6. The summed E-state index contributed by atoms with van der Waals surface area (Å²) in [5.74, 6) is -0.694. The Morgan fingerprint density at radius 3 is 2.83 bits per heavy atom. The minimum absolute atomic E-state index is 0.0448. The summed E-state index contributed by atoms with van der Waals surface area (Å²) in [5, 5.41) is 3.35. The zero-order valence-corrected chi connectivity index (χ0v) is 14.7. The van der Waals surface area contributed by atoms with Gasteiger partial charge in [0.2, 0.25) is 0 Å². The third-order valence-corrected chi connectivity index (χ3v) is 5.19. The number of nitrogens with zero attached hydrogens (tertiary/aromatic N) is 1. The maximum atomic E-state index is 13.9. The molecule has 1 saturated heterocycles. The fourth-order valence-corrected chi connectivity index (χ4v) is 3.47. The van der Waals surface area contributed by atoms with Crippen LogP contribution in [-0.2, 0) is 14.6 Å². The van der Waals surface area contributed by atoms with Crippen molar-refractivity contribution >= 4 is 9.84 Å². The largest absolute Gasteiger partial charge is 0.376 e. The Labute approximate surface area is 137 Å². The number of benzene rings is 1. The van der Waals surface area contributed by atoms with E-state index in [4.69, 9.17) is 4.74 Å². The molecule has 2 unspecified atom stereocenters. The van der Waals surface area contributed by atoms with Crippen molar-refractivity contribution in [3.63, 3.8) is 0 Å². The second-order valence-corrected chi connectivity index (χ2v) is 8.10. The van der Waals surface area contributed by atoms with Gasteiger partial charge in [0.05, 0.1) is 12.7 Å². The molecule has 1 aromatic rings. The highest BCUT2D eigenvalue weighted by molar-refractivity contribution is 7.90. The lowest BCUT2D eigenvalue weighted by Gasteiger charge is -2.31. The smallest absolute Gasteiger partial charge is 0.178 e. The van der Waals surface area contributed by atoms with E-state index in [0.717, 1.165) is 44.6 Å². The van der Waals surface area contributed by atoms with Crippen LogP contribution >= 0.6 is 0 Å². The average molecular weight is 344 g/mol. The van der Waals surface area contributed by atoms with Gasteiger partial charge in [-0.05, 0) is 31.5 Å². The number of hydrogen-bond donors (Lipinski definition) is 1. The fourth-order valence-electron chi connectivity index (χ4n) is 2.74. The summed E-state index contributed by atoms with van der Waals surface area (Å²) in [6.07, 6.45) is 1.27. The van der Waals surface area contributed by atoms with Crippen LogP contribution in [0, 0.1) is 5.82 Å². The van der Waals surface area contributed by atoms with Crippen LogP contribution in [0.1, 0.15) is 25.5 Å². The van der Waals surface area contributed by atoms with Crippen LogP contribution in [0.25, 0.3) is 0 Å². The molecule has 1 aromatic carbocycles. The molecule has 0 bridgehead atoms. The third-order valence-electron chi connectivity index (χ3n) is 4.06. The number of morpholine rings is 1. The Kier molecular flexibility index (Phi) is 6.13. The zero-order chi connectivity index (χ0) is 17.0. The van der Waals surface area contributed by atoms with Crippen LogP contribution in [0.2, 0.25) is 0 Å². The molecule has 0 radical (unpaired) electrons. The van der Waals surface area contributed by atoms with Crippen molar-refractivity contribution in [2.24, 2.45) is 0 Å². The molecule has 1 fully saturated rings. The van der Waals surface area contributed by atoms with Crippen LogP contribution in [0.15, 0.2) is 23.1 Å². The Balaban J connectivity index is 1.88. The minimum Gasteiger partial charge on any atom is -0.376 e. The lowest BCUT2D eigenvalue weighted by molar-refractivity contribution is -0.0178. The van der Waals surface area contributed by atoms with E-state index in [-0.39, 0.29) is 17.0 Å². The molecular weight excluding hydrogens is 319 g/mol. The van der Waals surface area contributed by atoms with Gasteiger partial charge in [0.1, 0.15) is 10.7 Å². The number of halogens is 1. The summed E-state index contributed by atoms with van der Waals surface area (Å²) in [4.78, 5) is 2.08. The van der Waals surface area contributed by atoms with Crippen LogP contribution < -0.4 is 5.32 Å². The van der Waals surface area contributed by atoms with Crippen LogP contribution in [-0.4, -0.2) is 58.5 Å². The summed E-state index contributed by atoms with van der Waals surface area (Å²) in [7, 11) is -3.53. The number of hydrogen-bond acceptors (Lipinski definition) is 5. The van der Waals surface area contributed by atoms with E-state index in [1.165, 1.54) is 12.1 Å². The molecule has 1 heterocycles. The molecule has 0 spiro atoms. The standard InChI is InChI=1S/C16H25FN2O3S/c1-12-11-19(8-9-22-12)7-6-18-13(2)14-4-5-16(15(17)10-14)23(3,20)21/h4-5,10,12-13,18H,6-9,11H2,1-3H3. The molecule has 130 valence electrons. The molecule has 0 aromatic heterocycles. The SMILES string of the molecule is CC1CN(CCNC(C)c2ccc(S(C)(=O)=O)c(F)c2)CCO1. The van der Waals surface area contributed by atoms with Crippen molar-refractivity contribution in [2.45, 2.75) is 30.9 Å². The fraction of sp³-hybridized carbons (Fsp3) is 0.625. The summed E-state index contributed by atoms with van der Waals surface area (Å²) < 4.78 is 42.3. The van der Waals surface area contributed by atoms with Crippen LogP contribution in [0.5, 0.6) is 0 Å². The van der Waals surface area contributed by atoms with Gasteiger partial charge in [0.15, 0.2) is 9.84 Å². The molecule has 5 nitrogen and oxygen atoms in total. The Morgan fingerprint density at radius 1 is 1.48 bits per heavy atom. The van der Waals surface area contributed by atoms with Crippen LogP contribution in [0.4, 0.5) is 4.39 Å². The van der Waals surface area contributed by atoms with E-state index in [1.807, 2.05) is 6.92 Å². The molecule has 0 aliphatic carbocycles. The Bertz CT molecular complexity index is 636. The molecule has 23 heavy (non-hydrogen) atoms. The van der Waals surface area contributed by atoms with Gasteiger partial charge < -0.3 is 10.1 Å². The maximum Gasteiger partial charge on any atom is 0.178 e. The van der Waals surface area contributed by atoms with Crippen molar-refractivity contribution in [1.82, 2.24) is 10.2 Å². The molecule has 1 aliphatic heterocycles. The number of ether oxygens (including phenoxy) is 1. The second kappa shape index (κ2) is 7.70. The zero-order valence-electron chi connectivity index (χ0n) is 13.9. The first kappa shape index (κ1) is 18.3. The second-order valence-electron chi connectivity index (χ2n) is 6.12. The van der Waals surface area contributed by atoms with E-state index in [9.17, 15) is 12.8 Å². The number of nitrogens with one attached hydrogen (secondary N) is 1. The first-order chi connectivity index (χ1) is 10.8. The van der Waals surface area contributed by atoms with Crippen molar-refractivity contribution in [3.8, 4) is 0 Å². The lowest BCUT2D eigenvalue weighted by Crippen LogP contribution is -2.44.